The molecule has 5 heteroatoms. The highest BCUT2D eigenvalue weighted by Gasteiger charge is 2.23. The Morgan fingerprint density at radius 3 is 2.15 bits per heavy atom. The molecule has 0 aromatic heterocycles. The van der Waals surface area contributed by atoms with Gasteiger partial charge in [0.15, 0.2) is 0 Å². The number of rotatable bonds is 12. The van der Waals surface area contributed by atoms with Gasteiger partial charge in [-0.15, -0.1) is 0 Å². The van der Waals surface area contributed by atoms with Crippen molar-refractivity contribution in [2.45, 2.75) is 58.3 Å². The lowest BCUT2D eigenvalue weighted by Crippen LogP contribution is -2.36. The zero-order valence-corrected chi connectivity index (χ0v) is 15.5. The van der Waals surface area contributed by atoms with E-state index in [1.165, 1.54) is 0 Å². The first kappa shape index (κ1) is 19.3. The highest BCUT2D eigenvalue weighted by Crippen LogP contribution is 2.18. The maximum Gasteiger partial charge on any atom is 0.333 e. The molecule has 0 aromatic carbocycles. The van der Waals surface area contributed by atoms with Gasteiger partial charge in [-0.1, -0.05) is 19.4 Å². The van der Waals surface area contributed by atoms with Crippen LogP contribution in [0.25, 0.3) is 0 Å². The van der Waals surface area contributed by atoms with E-state index >= 15 is 0 Å². The summed E-state index contributed by atoms with van der Waals surface area (Å²) < 4.78 is 16.5. The van der Waals surface area contributed by atoms with E-state index in [4.69, 9.17) is 14.2 Å². The maximum absolute atomic E-state index is 11.2. The summed E-state index contributed by atoms with van der Waals surface area (Å²) in [6.45, 7) is 11.1. The first-order valence-electron chi connectivity index (χ1n) is 7.55. The number of hydrogen-bond acceptors (Lipinski definition) is 4. The zero-order chi connectivity index (χ0) is 15.4. The van der Waals surface area contributed by atoms with E-state index < -0.39 is 0 Å². The van der Waals surface area contributed by atoms with Gasteiger partial charge in [0.2, 0.25) is 0 Å². The third kappa shape index (κ3) is 9.28. The number of esters is 1. The smallest absolute Gasteiger partial charge is 0.333 e. The summed E-state index contributed by atoms with van der Waals surface area (Å²) in [4.78, 5) is 11.2. The van der Waals surface area contributed by atoms with Gasteiger partial charge in [-0.05, 0) is 40.0 Å². The lowest BCUT2D eigenvalue weighted by molar-refractivity contribution is -0.177. The number of unbranched alkanes of at least 4 members (excludes halogenated alkanes) is 3. The van der Waals surface area contributed by atoms with Crippen molar-refractivity contribution >= 4 is 16.2 Å². The van der Waals surface area contributed by atoms with Crippen molar-refractivity contribution in [3.8, 4) is 0 Å². The fourth-order valence-electron chi connectivity index (χ4n) is 1.99. The lowest BCUT2D eigenvalue weighted by atomic mass is 10.1. The second-order valence-corrected chi connectivity index (χ2v) is 6.60. The molecule has 0 rings (SSSR count). The monoisotopic (exact) mass is 302 g/mol. The first-order valence-corrected chi connectivity index (χ1v) is 8.55. The topological polar surface area (TPSA) is 44.8 Å². The van der Waals surface area contributed by atoms with Crippen LogP contribution in [0.3, 0.4) is 0 Å². The van der Waals surface area contributed by atoms with Crippen LogP contribution in [-0.2, 0) is 19.0 Å². The van der Waals surface area contributed by atoms with Crippen LogP contribution in [-0.4, -0.2) is 41.4 Å². The van der Waals surface area contributed by atoms with Crippen LogP contribution in [0, 0.1) is 0 Å². The molecule has 20 heavy (non-hydrogen) atoms. The molecule has 0 aliphatic rings. The van der Waals surface area contributed by atoms with E-state index in [0.29, 0.717) is 25.4 Å². The Balaban J connectivity index is 3.64. The highest BCUT2D eigenvalue weighted by atomic mass is 28.1. The van der Waals surface area contributed by atoms with Gasteiger partial charge in [0.05, 0.1) is 16.8 Å². The van der Waals surface area contributed by atoms with Gasteiger partial charge in [-0.3, -0.25) is 0 Å². The van der Waals surface area contributed by atoms with E-state index in [2.05, 4.69) is 6.58 Å². The second kappa shape index (κ2) is 11.1. The average Bonchev–Trinajstić information content (AvgIpc) is 2.37. The summed E-state index contributed by atoms with van der Waals surface area (Å²) in [5.74, 6) is -0.295. The van der Waals surface area contributed by atoms with Gasteiger partial charge in [0, 0.05) is 18.8 Å². The molecule has 0 radical (unpaired) electrons. The Bertz CT molecular complexity index is 286. The summed E-state index contributed by atoms with van der Waals surface area (Å²) in [5.41, 5.74) is 0.134. The first-order chi connectivity index (χ1) is 9.45. The molecule has 0 spiro atoms. The van der Waals surface area contributed by atoms with E-state index in [9.17, 15) is 4.79 Å². The van der Waals surface area contributed by atoms with Gasteiger partial charge in [0.1, 0.15) is 5.41 Å². The Kier molecular flexibility index (Phi) is 10.7. The summed E-state index contributed by atoms with van der Waals surface area (Å²) in [6.07, 6.45) is 5.09. The summed E-state index contributed by atoms with van der Waals surface area (Å²) in [6, 6.07) is 0. The van der Waals surface area contributed by atoms with E-state index in [1.54, 1.807) is 6.92 Å². The fraction of sp³-hybridized carbons (Fsp3) is 0.800. The molecule has 0 atom stereocenters. The molecule has 118 valence electrons. The van der Waals surface area contributed by atoms with Crippen LogP contribution < -0.4 is 0 Å². The van der Waals surface area contributed by atoms with Crippen molar-refractivity contribution in [2.24, 2.45) is 0 Å². The van der Waals surface area contributed by atoms with Crippen LogP contribution >= 0.6 is 0 Å². The molecular formula is C15H30O4Si. The molecule has 0 aliphatic heterocycles. The SMILES string of the molecule is C=C(C)C(=O)OCCCCCCC([SiH3])(OCC)OCC. The molecule has 0 unspecified atom stereocenters. The molecule has 0 fully saturated rings. The highest BCUT2D eigenvalue weighted by molar-refractivity contribution is 6.13. The third-order valence-electron chi connectivity index (χ3n) is 3.01. The van der Waals surface area contributed by atoms with Crippen LogP contribution in [0.5, 0.6) is 0 Å². The van der Waals surface area contributed by atoms with Gasteiger partial charge >= 0.3 is 5.97 Å². The fourth-order valence-corrected chi connectivity index (χ4v) is 2.92. The van der Waals surface area contributed by atoms with E-state index in [1.807, 2.05) is 13.8 Å². The van der Waals surface area contributed by atoms with Crippen LogP contribution in [0.15, 0.2) is 12.2 Å². The number of hydrogen-bond donors (Lipinski definition) is 0. The Morgan fingerprint density at radius 1 is 1.10 bits per heavy atom. The molecule has 0 aliphatic carbocycles. The Hall–Kier alpha value is -0.653. The van der Waals surface area contributed by atoms with Crippen molar-refractivity contribution < 1.29 is 19.0 Å². The summed E-state index contributed by atoms with van der Waals surface area (Å²) in [7, 11) is 0.879. The summed E-state index contributed by atoms with van der Waals surface area (Å²) in [5, 5.41) is 0. The van der Waals surface area contributed by atoms with Crippen molar-refractivity contribution in [3.63, 3.8) is 0 Å². The molecular weight excluding hydrogens is 272 g/mol. The minimum absolute atomic E-state index is 0.295. The summed E-state index contributed by atoms with van der Waals surface area (Å²) >= 11 is 0. The van der Waals surface area contributed by atoms with Crippen molar-refractivity contribution in [1.82, 2.24) is 0 Å². The molecule has 0 bridgehead atoms. The lowest BCUT2D eigenvalue weighted by Gasteiger charge is -2.29. The number of carbonyl (C=O) groups is 1. The minimum Gasteiger partial charge on any atom is -0.462 e. The standard InChI is InChI=1S/C15H30O4Si/c1-5-18-15(20,19-6-2)11-9-7-8-10-12-17-14(16)13(3)4/h3,5-12H2,1-2,4,20H3. The van der Waals surface area contributed by atoms with Crippen molar-refractivity contribution in [1.29, 1.82) is 0 Å². The molecule has 0 heterocycles. The second-order valence-electron chi connectivity index (χ2n) is 5.08. The zero-order valence-electron chi connectivity index (χ0n) is 13.5. The van der Waals surface area contributed by atoms with E-state index in [0.717, 1.165) is 42.3 Å². The molecule has 0 amide bonds. The quantitative estimate of drug-likeness (QED) is 0.182. The van der Waals surface area contributed by atoms with Crippen LogP contribution in [0.1, 0.15) is 52.9 Å². The van der Waals surface area contributed by atoms with Crippen molar-refractivity contribution in [3.05, 3.63) is 12.2 Å². The Labute approximate surface area is 126 Å². The third-order valence-corrected chi connectivity index (χ3v) is 4.08. The van der Waals surface area contributed by atoms with Gasteiger partial charge in [-0.2, -0.15) is 0 Å². The van der Waals surface area contributed by atoms with Gasteiger partial charge in [-0.25, -0.2) is 4.79 Å². The van der Waals surface area contributed by atoms with Crippen LogP contribution in [0.2, 0.25) is 0 Å². The maximum atomic E-state index is 11.2. The predicted octanol–water partition coefficient (Wildman–Crippen LogP) is 2.15. The average molecular weight is 302 g/mol. The molecule has 0 saturated carbocycles. The van der Waals surface area contributed by atoms with Gasteiger partial charge in [0.25, 0.3) is 0 Å². The molecule has 0 N–H and O–H groups in total. The Morgan fingerprint density at radius 2 is 1.65 bits per heavy atom. The van der Waals surface area contributed by atoms with Crippen LogP contribution in [0.4, 0.5) is 0 Å². The molecule has 4 nitrogen and oxygen atoms in total. The van der Waals surface area contributed by atoms with E-state index in [-0.39, 0.29) is 11.4 Å². The largest absolute Gasteiger partial charge is 0.462 e. The number of carbonyl (C=O) groups excluding carboxylic acids is 1. The molecule has 0 saturated heterocycles. The number of ether oxygens (including phenoxy) is 3. The minimum atomic E-state index is -0.323. The normalized spacial score (nSPS) is 11.6. The predicted molar refractivity (Wildman–Crippen MR) is 84.8 cm³/mol. The van der Waals surface area contributed by atoms with Gasteiger partial charge < -0.3 is 14.2 Å². The molecule has 0 aromatic rings. The van der Waals surface area contributed by atoms with Crippen molar-refractivity contribution in [2.75, 3.05) is 19.8 Å².